The molecule has 0 bridgehead atoms. The van der Waals surface area contributed by atoms with Gasteiger partial charge < -0.3 is 16.0 Å². The SMILES string of the molecule is CC(C)C(=O)Nc1ccc(CNC(=O)c2cccc(NC(=O)c3cccc(Br)c3)c2)cc1. The smallest absolute Gasteiger partial charge is 0.255 e. The number of nitrogens with one attached hydrogen (secondary N) is 3. The molecule has 6 nitrogen and oxygen atoms in total. The molecule has 3 aromatic rings. The number of hydrogen-bond acceptors (Lipinski definition) is 3. The van der Waals surface area contributed by atoms with Gasteiger partial charge in [0.2, 0.25) is 5.91 Å². The molecule has 32 heavy (non-hydrogen) atoms. The van der Waals surface area contributed by atoms with E-state index in [1.807, 2.05) is 32.0 Å². The van der Waals surface area contributed by atoms with E-state index >= 15 is 0 Å². The predicted molar refractivity (Wildman–Crippen MR) is 130 cm³/mol. The summed E-state index contributed by atoms with van der Waals surface area (Å²) in [5.74, 6) is -0.642. The molecular weight excluding hydrogens is 470 g/mol. The standard InChI is InChI=1S/C25H24BrN3O3/c1-16(2)23(30)28-21-11-9-17(10-12-21)15-27-24(31)19-6-4-8-22(14-19)29-25(32)18-5-3-7-20(26)13-18/h3-14,16H,15H2,1-2H3,(H,27,31)(H,28,30)(H,29,32). The monoisotopic (exact) mass is 493 g/mol. The summed E-state index contributed by atoms with van der Waals surface area (Å²) in [6.07, 6.45) is 0. The van der Waals surface area contributed by atoms with Crippen LogP contribution in [0.4, 0.5) is 11.4 Å². The lowest BCUT2D eigenvalue weighted by molar-refractivity contribution is -0.118. The molecule has 3 N–H and O–H groups in total. The number of carbonyl (C=O) groups excluding carboxylic acids is 3. The van der Waals surface area contributed by atoms with Gasteiger partial charge in [-0.2, -0.15) is 0 Å². The summed E-state index contributed by atoms with van der Waals surface area (Å²) in [5.41, 5.74) is 3.11. The molecule has 3 rings (SSSR count). The summed E-state index contributed by atoms with van der Waals surface area (Å²) in [6, 6.07) is 21.2. The van der Waals surface area contributed by atoms with Crippen LogP contribution in [-0.4, -0.2) is 17.7 Å². The molecule has 0 aromatic heterocycles. The first kappa shape index (κ1) is 23.2. The highest BCUT2D eigenvalue weighted by molar-refractivity contribution is 9.10. The van der Waals surface area contributed by atoms with Crippen LogP contribution in [0.2, 0.25) is 0 Å². The van der Waals surface area contributed by atoms with Crippen molar-refractivity contribution in [3.63, 3.8) is 0 Å². The van der Waals surface area contributed by atoms with E-state index in [1.54, 1.807) is 54.6 Å². The first-order chi connectivity index (χ1) is 15.3. The second-order valence-corrected chi connectivity index (χ2v) is 8.48. The number of carbonyl (C=O) groups is 3. The third kappa shape index (κ3) is 6.52. The first-order valence-corrected chi connectivity index (χ1v) is 11.0. The molecule has 0 heterocycles. The highest BCUT2D eigenvalue weighted by atomic mass is 79.9. The number of anilines is 2. The number of rotatable bonds is 7. The number of halogens is 1. The number of amides is 3. The van der Waals surface area contributed by atoms with Crippen LogP contribution in [-0.2, 0) is 11.3 Å². The summed E-state index contributed by atoms with van der Waals surface area (Å²) in [6.45, 7) is 4.01. The van der Waals surface area contributed by atoms with Crippen molar-refractivity contribution in [3.8, 4) is 0 Å². The van der Waals surface area contributed by atoms with Crippen LogP contribution in [0.15, 0.2) is 77.3 Å². The summed E-state index contributed by atoms with van der Waals surface area (Å²) in [7, 11) is 0. The molecule has 0 aliphatic carbocycles. The largest absolute Gasteiger partial charge is 0.348 e. The Bertz CT molecular complexity index is 1130. The van der Waals surface area contributed by atoms with E-state index in [1.165, 1.54) is 0 Å². The van der Waals surface area contributed by atoms with E-state index < -0.39 is 0 Å². The molecule has 3 amide bonds. The summed E-state index contributed by atoms with van der Waals surface area (Å²) >= 11 is 3.35. The zero-order valence-corrected chi connectivity index (χ0v) is 19.4. The molecule has 0 aliphatic heterocycles. The van der Waals surface area contributed by atoms with Crippen molar-refractivity contribution in [1.29, 1.82) is 0 Å². The zero-order chi connectivity index (χ0) is 23.1. The van der Waals surface area contributed by atoms with E-state index in [9.17, 15) is 14.4 Å². The van der Waals surface area contributed by atoms with Crippen molar-refractivity contribution in [2.24, 2.45) is 5.92 Å². The van der Waals surface area contributed by atoms with E-state index in [0.717, 1.165) is 10.0 Å². The Labute approximate surface area is 195 Å². The molecule has 7 heteroatoms. The van der Waals surface area contributed by atoms with Crippen LogP contribution in [0.5, 0.6) is 0 Å². The molecule has 0 saturated heterocycles. The van der Waals surface area contributed by atoms with Crippen molar-refractivity contribution in [1.82, 2.24) is 5.32 Å². The van der Waals surface area contributed by atoms with E-state index in [4.69, 9.17) is 0 Å². The van der Waals surface area contributed by atoms with Crippen LogP contribution in [0.3, 0.4) is 0 Å². The second-order valence-electron chi connectivity index (χ2n) is 7.57. The number of hydrogen-bond donors (Lipinski definition) is 3. The molecule has 0 aliphatic rings. The minimum Gasteiger partial charge on any atom is -0.348 e. The van der Waals surface area contributed by atoms with Gasteiger partial charge in [0.25, 0.3) is 11.8 Å². The van der Waals surface area contributed by atoms with Gasteiger partial charge in [-0.15, -0.1) is 0 Å². The maximum absolute atomic E-state index is 12.6. The average Bonchev–Trinajstić information content (AvgIpc) is 2.78. The fraction of sp³-hybridized carbons (Fsp3) is 0.160. The van der Waals surface area contributed by atoms with Crippen molar-refractivity contribution in [2.45, 2.75) is 20.4 Å². The molecular formula is C25H24BrN3O3. The lowest BCUT2D eigenvalue weighted by atomic mass is 10.1. The Balaban J connectivity index is 1.57. The van der Waals surface area contributed by atoms with Crippen molar-refractivity contribution < 1.29 is 14.4 Å². The Morgan fingerprint density at radius 3 is 2.09 bits per heavy atom. The second kappa shape index (κ2) is 10.7. The zero-order valence-electron chi connectivity index (χ0n) is 17.8. The fourth-order valence-corrected chi connectivity index (χ4v) is 3.25. The molecule has 0 spiro atoms. The summed E-state index contributed by atoms with van der Waals surface area (Å²) < 4.78 is 0.814. The molecule has 0 saturated carbocycles. The normalized spacial score (nSPS) is 10.5. The third-order valence-electron chi connectivity index (χ3n) is 4.67. The van der Waals surface area contributed by atoms with Gasteiger partial charge in [-0.25, -0.2) is 0 Å². The minimum atomic E-state index is -0.256. The maximum Gasteiger partial charge on any atom is 0.255 e. The molecule has 0 atom stereocenters. The van der Waals surface area contributed by atoms with Gasteiger partial charge in [0.1, 0.15) is 0 Å². The Kier molecular flexibility index (Phi) is 7.78. The van der Waals surface area contributed by atoms with Gasteiger partial charge >= 0.3 is 0 Å². The Morgan fingerprint density at radius 2 is 1.44 bits per heavy atom. The predicted octanol–water partition coefficient (Wildman–Crippen LogP) is 5.23. The Hall–Kier alpha value is -3.45. The van der Waals surface area contributed by atoms with Crippen LogP contribution >= 0.6 is 15.9 Å². The van der Waals surface area contributed by atoms with Crippen LogP contribution in [0.25, 0.3) is 0 Å². The van der Waals surface area contributed by atoms with Gasteiger partial charge in [0.05, 0.1) is 0 Å². The highest BCUT2D eigenvalue weighted by Gasteiger charge is 2.10. The van der Waals surface area contributed by atoms with Gasteiger partial charge in [0, 0.05) is 39.4 Å². The van der Waals surface area contributed by atoms with Gasteiger partial charge in [-0.1, -0.05) is 54.0 Å². The molecule has 164 valence electrons. The average molecular weight is 494 g/mol. The van der Waals surface area contributed by atoms with E-state index in [0.29, 0.717) is 29.0 Å². The van der Waals surface area contributed by atoms with Crippen LogP contribution in [0, 0.1) is 5.92 Å². The van der Waals surface area contributed by atoms with E-state index in [2.05, 4.69) is 31.9 Å². The quantitative estimate of drug-likeness (QED) is 0.421. The number of benzene rings is 3. The molecule has 0 fully saturated rings. The molecule has 0 unspecified atom stereocenters. The highest BCUT2D eigenvalue weighted by Crippen LogP contribution is 2.16. The van der Waals surface area contributed by atoms with Gasteiger partial charge in [-0.05, 0) is 54.1 Å². The van der Waals surface area contributed by atoms with Crippen LogP contribution in [0.1, 0.15) is 40.1 Å². The van der Waals surface area contributed by atoms with Gasteiger partial charge in [-0.3, -0.25) is 14.4 Å². The summed E-state index contributed by atoms with van der Waals surface area (Å²) in [5, 5.41) is 8.51. The van der Waals surface area contributed by atoms with Crippen molar-refractivity contribution in [2.75, 3.05) is 10.6 Å². The maximum atomic E-state index is 12.6. The molecule has 0 radical (unpaired) electrons. The first-order valence-electron chi connectivity index (χ1n) is 10.2. The van der Waals surface area contributed by atoms with Crippen molar-refractivity contribution in [3.05, 3.63) is 94.0 Å². The molecule has 3 aromatic carbocycles. The van der Waals surface area contributed by atoms with Gasteiger partial charge in [0.15, 0.2) is 0 Å². The Morgan fingerprint density at radius 1 is 0.781 bits per heavy atom. The summed E-state index contributed by atoms with van der Waals surface area (Å²) in [4.78, 5) is 36.8. The van der Waals surface area contributed by atoms with E-state index in [-0.39, 0.29) is 23.6 Å². The lowest BCUT2D eigenvalue weighted by Crippen LogP contribution is -2.23. The fourth-order valence-electron chi connectivity index (χ4n) is 2.85. The lowest BCUT2D eigenvalue weighted by Gasteiger charge is -2.10. The van der Waals surface area contributed by atoms with Crippen molar-refractivity contribution >= 4 is 45.0 Å². The third-order valence-corrected chi connectivity index (χ3v) is 5.16. The topological polar surface area (TPSA) is 87.3 Å². The minimum absolute atomic E-state index is 0.0436. The van der Waals surface area contributed by atoms with Crippen LogP contribution < -0.4 is 16.0 Å².